The van der Waals surface area contributed by atoms with E-state index >= 15 is 0 Å². The molecular formula is C21H20N2O4. The van der Waals surface area contributed by atoms with Gasteiger partial charge in [0, 0.05) is 6.04 Å². The minimum absolute atomic E-state index is 0.197. The third-order valence-electron chi connectivity index (χ3n) is 4.73. The summed E-state index contributed by atoms with van der Waals surface area (Å²) in [6, 6.07) is 14.5. The van der Waals surface area contributed by atoms with Crippen LogP contribution >= 0.6 is 0 Å². The Balaban J connectivity index is 1.48. The first kappa shape index (κ1) is 17.3. The molecule has 1 aromatic heterocycles. The molecule has 6 nitrogen and oxygen atoms in total. The van der Waals surface area contributed by atoms with E-state index < -0.39 is 5.97 Å². The number of carbonyl (C=O) groups excluding carboxylic acids is 2. The molecule has 4 rings (SSSR count). The largest absolute Gasteiger partial charge is 0.452 e. The van der Waals surface area contributed by atoms with Gasteiger partial charge in [0.2, 0.25) is 5.89 Å². The van der Waals surface area contributed by atoms with Gasteiger partial charge in [0.05, 0.1) is 11.1 Å². The third-order valence-corrected chi connectivity index (χ3v) is 4.73. The first-order valence-electron chi connectivity index (χ1n) is 9.12. The number of hydrogen-bond acceptors (Lipinski definition) is 5. The monoisotopic (exact) mass is 364 g/mol. The number of para-hydroxylation sites is 2. The van der Waals surface area contributed by atoms with Crippen LogP contribution in [-0.2, 0) is 9.53 Å². The predicted molar refractivity (Wildman–Crippen MR) is 100 cm³/mol. The highest BCUT2D eigenvalue weighted by Gasteiger charge is 2.21. The van der Waals surface area contributed by atoms with Crippen LogP contribution in [0.5, 0.6) is 0 Å². The van der Waals surface area contributed by atoms with E-state index in [0.717, 1.165) is 25.7 Å². The Labute approximate surface area is 156 Å². The summed E-state index contributed by atoms with van der Waals surface area (Å²) in [6.45, 7) is -0.294. The predicted octanol–water partition coefficient (Wildman–Crippen LogP) is 3.71. The number of amides is 1. The van der Waals surface area contributed by atoms with Gasteiger partial charge in [-0.1, -0.05) is 37.1 Å². The van der Waals surface area contributed by atoms with Gasteiger partial charge in [-0.3, -0.25) is 4.79 Å². The SMILES string of the molecule is O=C(COC(=O)c1ccccc1-c1nc2ccccc2o1)NC1CCCC1. The smallest absolute Gasteiger partial charge is 0.339 e. The fraction of sp³-hybridized carbons (Fsp3) is 0.286. The second-order valence-corrected chi connectivity index (χ2v) is 6.66. The molecule has 2 aromatic carbocycles. The molecule has 1 aliphatic carbocycles. The average molecular weight is 364 g/mol. The molecule has 3 aromatic rings. The number of nitrogens with zero attached hydrogens (tertiary/aromatic N) is 1. The second kappa shape index (κ2) is 7.61. The highest BCUT2D eigenvalue weighted by molar-refractivity contribution is 5.97. The van der Waals surface area contributed by atoms with Crippen molar-refractivity contribution in [2.24, 2.45) is 0 Å². The molecule has 1 amide bonds. The van der Waals surface area contributed by atoms with E-state index in [1.165, 1.54) is 0 Å². The highest BCUT2D eigenvalue weighted by atomic mass is 16.5. The van der Waals surface area contributed by atoms with Crippen LogP contribution in [0, 0.1) is 0 Å². The van der Waals surface area contributed by atoms with E-state index in [-0.39, 0.29) is 18.6 Å². The number of ether oxygens (including phenoxy) is 1. The first-order valence-corrected chi connectivity index (χ1v) is 9.12. The van der Waals surface area contributed by atoms with Crippen LogP contribution in [0.4, 0.5) is 0 Å². The number of nitrogens with one attached hydrogen (secondary N) is 1. The van der Waals surface area contributed by atoms with Crippen molar-refractivity contribution in [3.63, 3.8) is 0 Å². The van der Waals surface area contributed by atoms with Crippen molar-refractivity contribution in [2.45, 2.75) is 31.7 Å². The summed E-state index contributed by atoms with van der Waals surface area (Å²) in [5.41, 5.74) is 2.21. The average Bonchev–Trinajstić information content (AvgIpc) is 3.35. The molecule has 1 heterocycles. The lowest BCUT2D eigenvalue weighted by molar-refractivity contribution is -0.124. The van der Waals surface area contributed by atoms with Crippen LogP contribution in [-0.4, -0.2) is 29.5 Å². The van der Waals surface area contributed by atoms with Gasteiger partial charge in [-0.15, -0.1) is 0 Å². The molecule has 0 spiro atoms. The molecule has 1 aliphatic rings. The standard InChI is InChI=1S/C21H20N2O4/c24-19(22-14-7-1-2-8-14)13-26-21(25)16-10-4-3-9-15(16)20-23-17-11-5-6-12-18(17)27-20/h3-6,9-12,14H,1-2,7-8,13H2,(H,22,24). The Morgan fingerprint density at radius 1 is 1.07 bits per heavy atom. The van der Waals surface area contributed by atoms with Gasteiger partial charge in [0.1, 0.15) is 5.52 Å². The molecule has 1 N–H and O–H groups in total. The number of rotatable bonds is 5. The molecule has 1 fully saturated rings. The number of benzene rings is 2. The van der Waals surface area contributed by atoms with Crippen LogP contribution in [0.25, 0.3) is 22.6 Å². The molecule has 0 radical (unpaired) electrons. The summed E-state index contributed by atoms with van der Waals surface area (Å²) >= 11 is 0. The minimum atomic E-state index is -0.575. The van der Waals surface area contributed by atoms with Gasteiger partial charge in [-0.2, -0.15) is 0 Å². The minimum Gasteiger partial charge on any atom is -0.452 e. The van der Waals surface area contributed by atoms with Gasteiger partial charge < -0.3 is 14.5 Å². The van der Waals surface area contributed by atoms with E-state index in [9.17, 15) is 9.59 Å². The Morgan fingerprint density at radius 2 is 1.81 bits per heavy atom. The summed E-state index contributed by atoms with van der Waals surface area (Å²) in [5.74, 6) is -0.497. The molecule has 0 aliphatic heterocycles. The Kier molecular flexibility index (Phi) is 4.87. The van der Waals surface area contributed by atoms with E-state index in [2.05, 4.69) is 10.3 Å². The number of aromatic nitrogens is 1. The lowest BCUT2D eigenvalue weighted by Gasteiger charge is -2.12. The van der Waals surface area contributed by atoms with Gasteiger partial charge in [-0.25, -0.2) is 9.78 Å². The maximum absolute atomic E-state index is 12.5. The third kappa shape index (κ3) is 3.84. The van der Waals surface area contributed by atoms with Gasteiger partial charge in [0.25, 0.3) is 5.91 Å². The topological polar surface area (TPSA) is 81.4 Å². The number of hydrogen-bond donors (Lipinski definition) is 1. The molecule has 0 atom stereocenters. The zero-order chi connectivity index (χ0) is 18.6. The Hall–Kier alpha value is -3.15. The van der Waals surface area contributed by atoms with Crippen molar-refractivity contribution in [1.29, 1.82) is 0 Å². The van der Waals surface area contributed by atoms with Crippen molar-refractivity contribution in [3.05, 3.63) is 54.1 Å². The fourth-order valence-corrected chi connectivity index (χ4v) is 3.38. The maximum atomic E-state index is 12.5. The van der Waals surface area contributed by atoms with Gasteiger partial charge in [-0.05, 0) is 37.1 Å². The van der Waals surface area contributed by atoms with Gasteiger partial charge >= 0.3 is 5.97 Å². The Morgan fingerprint density at radius 3 is 2.63 bits per heavy atom. The van der Waals surface area contributed by atoms with E-state index in [0.29, 0.717) is 28.1 Å². The molecule has 6 heteroatoms. The van der Waals surface area contributed by atoms with Crippen molar-refractivity contribution in [2.75, 3.05) is 6.61 Å². The number of carbonyl (C=O) groups is 2. The fourth-order valence-electron chi connectivity index (χ4n) is 3.38. The van der Waals surface area contributed by atoms with E-state index in [4.69, 9.17) is 9.15 Å². The molecule has 138 valence electrons. The second-order valence-electron chi connectivity index (χ2n) is 6.66. The van der Waals surface area contributed by atoms with Crippen molar-refractivity contribution in [1.82, 2.24) is 10.3 Å². The summed E-state index contributed by atoms with van der Waals surface area (Å²) in [7, 11) is 0. The van der Waals surface area contributed by atoms with E-state index in [1.807, 2.05) is 24.3 Å². The van der Waals surface area contributed by atoms with Crippen molar-refractivity contribution >= 4 is 23.0 Å². The normalized spacial score (nSPS) is 14.4. The van der Waals surface area contributed by atoms with Crippen LogP contribution in [0.15, 0.2) is 52.9 Å². The molecule has 0 saturated heterocycles. The quantitative estimate of drug-likeness (QED) is 0.698. The Bertz CT molecular complexity index is 940. The molecule has 27 heavy (non-hydrogen) atoms. The summed E-state index contributed by atoms with van der Waals surface area (Å²) < 4.78 is 11.0. The lowest BCUT2D eigenvalue weighted by atomic mass is 10.1. The van der Waals surface area contributed by atoms with Crippen LogP contribution in [0.2, 0.25) is 0 Å². The molecule has 1 saturated carbocycles. The molecule has 0 bridgehead atoms. The van der Waals surface area contributed by atoms with Crippen molar-refractivity contribution in [3.8, 4) is 11.5 Å². The number of oxazole rings is 1. The zero-order valence-corrected chi connectivity index (χ0v) is 14.8. The molecular weight excluding hydrogens is 344 g/mol. The zero-order valence-electron chi connectivity index (χ0n) is 14.8. The number of esters is 1. The first-order chi connectivity index (χ1) is 13.2. The summed E-state index contributed by atoms with van der Waals surface area (Å²) in [5, 5.41) is 2.90. The van der Waals surface area contributed by atoms with Crippen LogP contribution in [0.1, 0.15) is 36.0 Å². The van der Waals surface area contributed by atoms with Crippen LogP contribution < -0.4 is 5.32 Å². The lowest BCUT2D eigenvalue weighted by Crippen LogP contribution is -2.35. The van der Waals surface area contributed by atoms with Crippen LogP contribution in [0.3, 0.4) is 0 Å². The summed E-state index contributed by atoms with van der Waals surface area (Å²) in [6.07, 6.45) is 4.23. The number of fused-ring (bicyclic) bond motifs is 1. The maximum Gasteiger partial charge on any atom is 0.339 e. The summed E-state index contributed by atoms with van der Waals surface area (Å²) in [4.78, 5) is 28.9. The molecule has 0 unspecified atom stereocenters. The highest BCUT2D eigenvalue weighted by Crippen LogP contribution is 2.27. The van der Waals surface area contributed by atoms with Crippen molar-refractivity contribution < 1.29 is 18.7 Å². The van der Waals surface area contributed by atoms with Gasteiger partial charge in [0.15, 0.2) is 12.2 Å². The van der Waals surface area contributed by atoms with E-state index in [1.54, 1.807) is 24.3 Å².